The van der Waals surface area contributed by atoms with E-state index in [9.17, 15) is 9.59 Å². The summed E-state index contributed by atoms with van der Waals surface area (Å²) in [5.74, 6) is 1.72. The minimum absolute atomic E-state index is 0.0269. The average molecular weight is 432 g/mol. The Morgan fingerprint density at radius 2 is 1.56 bits per heavy atom. The molecule has 0 bridgehead atoms. The number of fused-ring (bicyclic) bond motifs is 1. The van der Waals surface area contributed by atoms with Gasteiger partial charge in [0.05, 0.1) is 25.3 Å². The van der Waals surface area contributed by atoms with Crippen LogP contribution in [0.4, 0.5) is 11.4 Å². The minimum Gasteiger partial charge on any atom is -0.493 e. The van der Waals surface area contributed by atoms with Crippen LogP contribution in [0.1, 0.15) is 6.42 Å². The van der Waals surface area contributed by atoms with E-state index in [0.29, 0.717) is 30.3 Å². The molecule has 3 aromatic carbocycles. The minimum atomic E-state index is -0.178. The van der Waals surface area contributed by atoms with E-state index in [-0.39, 0.29) is 31.4 Å². The highest BCUT2D eigenvalue weighted by molar-refractivity contribution is 5.99. The van der Waals surface area contributed by atoms with Crippen LogP contribution in [-0.4, -0.2) is 38.2 Å². The molecule has 7 nitrogen and oxygen atoms in total. The quantitative estimate of drug-likeness (QED) is 0.555. The molecule has 3 aromatic rings. The Balaban J connectivity index is 1.34. The number of nitrogens with zero attached hydrogens (tertiary/aromatic N) is 1. The van der Waals surface area contributed by atoms with Gasteiger partial charge in [-0.05, 0) is 42.5 Å². The number of ether oxygens (including phenoxy) is 3. The van der Waals surface area contributed by atoms with Crippen molar-refractivity contribution >= 4 is 23.2 Å². The monoisotopic (exact) mass is 432 g/mol. The fourth-order valence-corrected chi connectivity index (χ4v) is 3.30. The number of hydrogen-bond donors (Lipinski definition) is 1. The van der Waals surface area contributed by atoms with Crippen molar-refractivity contribution in [3.63, 3.8) is 0 Å². The third-order valence-electron chi connectivity index (χ3n) is 4.85. The van der Waals surface area contributed by atoms with Gasteiger partial charge in [0.1, 0.15) is 23.9 Å². The van der Waals surface area contributed by atoms with Gasteiger partial charge in [-0.1, -0.05) is 36.4 Å². The Hall–Kier alpha value is -4.00. The number of anilines is 2. The summed E-state index contributed by atoms with van der Waals surface area (Å²) in [6, 6.07) is 24.0. The number of carbonyl (C=O) groups is 2. The molecule has 0 saturated heterocycles. The smallest absolute Gasteiger partial charge is 0.265 e. The van der Waals surface area contributed by atoms with Gasteiger partial charge in [-0.3, -0.25) is 9.59 Å². The molecule has 0 spiro atoms. The molecule has 0 radical (unpaired) electrons. The van der Waals surface area contributed by atoms with Crippen LogP contribution in [0.15, 0.2) is 78.9 Å². The first-order valence-electron chi connectivity index (χ1n) is 10.4. The number of rotatable bonds is 9. The molecule has 2 amide bonds. The predicted octanol–water partition coefficient (Wildman–Crippen LogP) is 3.90. The Morgan fingerprint density at radius 1 is 0.906 bits per heavy atom. The van der Waals surface area contributed by atoms with Gasteiger partial charge in [0.15, 0.2) is 6.61 Å². The van der Waals surface area contributed by atoms with Crippen LogP contribution in [-0.2, 0) is 9.59 Å². The van der Waals surface area contributed by atoms with Gasteiger partial charge < -0.3 is 24.4 Å². The van der Waals surface area contributed by atoms with E-state index in [0.717, 1.165) is 11.5 Å². The molecule has 4 rings (SSSR count). The summed E-state index contributed by atoms with van der Waals surface area (Å²) >= 11 is 0. The SMILES string of the molecule is O=C(CCOc1ccccc1)Nc1ccc2c(c1)N(CCOc1ccccc1)C(=O)CO2. The van der Waals surface area contributed by atoms with Crippen LogP contribution in [0.25, 0.3) is 0 Å². The molecule has 1 N–H and O–H groups in total. The Morgan fingerprint density at radius 3 is 2.25 bits per heavy atom. The fourth-order valence-electron chi connectivity index (χ4n) is 3.30. The van der Waals surface area contributed by atoms with Crippen molar-refractivity contribution in [1.82, 2.24) is 0 Å². The van der Waals surface area contributed by atoms with E-state index in [2.05, 4.69) is 5.32 Å². The number of nitrogens with one attached hydrogen (secondary N) is 1. The zero-order valence-electron chi connectivity index (χ0n) is 17.5. The lowest BCUT2D eigenvalue weighted by atomic mass is 10.2. The molecule has 1 aliphatic rings. The van der Waals surface area contributed by atoms with E-state index >= 15 is 0 Å². The first-order valence-corrected chi connectivity index (χ1v) is 10.4. The molecule has 1 aliphatic heterocycles. The van der Waals surface area contributed by atoms with E-state index < -0.39 is 0 Å². The zero-order chi connectivity index (χ0) is 22.2. The average Bonchev–Trinajstić information content (AvgIpc) is 2.82. The largest absolute Gasteiger partial charge is 0.493 e. The van der Waals surface area contributed by atoms with Gasteiger partial charge in [-0.25, -0.2) is 0 Å². The highest BCUT2D eigenvalue weighted by Gasteiger charge is 2.26. The molecular formula is C25H24N2O5. The third kappa shape index (κ3) is 5.57. The summed E-state index contributed by atoms with van der Waals surface area (Å²) in [6.45, 7) is 0.946. The van der Waals surface area contributed by atoms with Crippen LogP contribution in [0.3, 0.4) is 0 Å². The molecule has 0 unspecified atom stereocenters. The molecule has 0 fully saturated rings. The maximum atomic E-state index is 12.5. The topological polar surface area (TPSA) is 77.1 Å². The summed E-state index contributed by atoms with van der Waals surface area (Å²) < 4.78 is 16.8. The third-order valence-corrected chi connectivity index (χ3v) is 4.85. The van der Waals surface area contributed by atoms with E-state index in [1.54, 1.807) is 23.1 Å². The van der Waals surface area contributed by atoms with Crippen molar-refractivity contribution in [3.8, 4) is 17.2 Å². The molecule has 0 saturated carbocycles. The molecule has 0 aromatic heterocycles. The van der Waals surface area contributed by atoms with Crippen molar-refractivity contribution < 1.29 is 23.8 Å². The number of hydrogen-bond acceptors (Lipinski definition) is 5. The lowest BCUT2D eigenvalue weighted by molar-refractivity contribution is -0.121. The van der Waals surface area contributed by atoms with Gasteiger partial charge in [-0.15, -0.1) is 0 Å². The normalized spacial score (nSPS) is 12.5. The van der Waals surface area contributed by atoms with Crippen LogP contribution in [0, 0.1) is 0 Å². The molecule has 1 heterocycles. The van der Waals surface area contributed by atoms with Gasteiger partial charge in [0, 0.05) is 5.69 Å². The summed E-state index contributed by atoms with van der Waals surface area (Å²) in [4.78, 5) is 26.4. The van der Waals surface area contributed by atoms with E-state index in [4.69, 9.17) is 14.2 Å². The van der Waals surface area contributed by atoms with Crippen molar-refractivity contribution in [2.75, 3.05) is 36.6 Å². The summed E-state index contributed by atoms with van der Waals surface area (Å²) in [5.41, 5.74) is 1.19. The number of carbonyl (C=O) groups excluding carboxylic acids is 2. The van der Waals surface area contributed by atoms with Crippen molar-refractivity contribution in [2.24, 2.45) is 0 Å². The maximum absolute atomic E-state index is 12.5. The molecule has 7 heteroatoms. The molecule has 0 aliphatic carbocycles. The Labute approximate surface area is 186 Å². The second-order valence-electron chi connectivity index (χ2n) is 7.14. The van der Waals surface area contributed by atoms with Crippen LogP contribution in [0.2, 0.25) is 0 Å². The van der Waals surface area contributed by atoms with E-state index in [1.165, 1.54) is 0 Å². The van der Waals surface area contributed by atoms with E-state index in [1.807, 2.05) is 60.7 Å². The number of para-hydroxylation sites is 2. The van der Waals surface area contributed by atoms with Crippen LogP contribution < -0.4 is 24.4 Å². The van der Waals surface area contributed by atoms with Crippen molar-refractivity contribution in [1.29, 1.82) is 0 Å². The summed E-state index contributed by atoms with van der Waals surface area (Å²) in [7, 11) is 0. The Kier molecular flexibility index (Phi) is 6.87. The van der Waals surface area contributed by atoms with Crippen LogP contribution in [0.5, 0.6) is 17.2 Å². The summed E-state index contributed by atoms with van der Waals surface area (Å²) in [6.07, 6.45) is 0.204. The van der Waals surface area contributed by atoms with Gasteiger partial charge in [0.25, 0.3) is 5.91 Å². The molecule has 164 valence electrons. The van der Waals surface area contributed by atoms with Crippen molar-refractivity contribution in [3.05, 3.63) is 78.9 Å². The number of benzene rings is 3. The fraction of sp³-hybridized carbons (Fsp3) is 0.200. The lowest BCUT2D eigenvalue weighted by Crippen LogP contribution is -2.41. The molecule has 32 heavy (non-hydrogen) atoms. The first-order chi connectivity index (χ1) is 15.7. The summed E-state index contributed by atoms with van der Waals surface area (Å²) in [5, 5.41) is 2.85. The first kappa shape index (κ1) is 21.2. The highest BCUT2D eigenvalue weighted by atomic mass is 16.5. The predicted molar refractivity (Wildman–Crippen MR) is 121 cm³/mol. The Bertz CT molecular complexity index is 1060. The second-order valence-corrected chi connectivity index (χ2v) is 7.14. The standard InChI is InChI=1S/C25H24N2O5/c28-24(13-15-30-20-7-3-1-4-8-20)26-19-11-12-23-22(17-19)27(25(29)18-32-23)14-16-31-21-9-5-2-6-10-21/h1-12,17H,13-16,18H2,(H,26,28). The van der Waals surface area contributed by atoms with Crippen molar-refractivity contribution in [2.45, 2.75) is 6.42 Å². The van der Waals surface area contributed by atoms with Gasteiger partial charge in [0.2, 0.25) is 5.91 Å². The second kappa shape index (κ2) is 10.3. The maximum Gasteiger partial charge on any atom is 0.265 e. The van der Waals surface area contributed by atoms with Gasteiger partial charge >= 0.3 is 0 Å². The highest BCUT2D eigenvalue weighted by Crippen LogP contribution is 2.34. The van der Waals surface area contributed by atoms with Crippen LogP contribution >= 0.6 is 0 Å². The molecule has 0 atom stereocenters. The lowest BCUT2D eigenvalue weighted by Gasteiger charge is -2.29. The molecular weight excluding hydrogens is 408 g/mol. The van der Waals surface area contributed by atoms with Gasteiger partial charge in [-0.2, -0.15) is 0 Å². The number of amides is 2. The zero-order valence-corrected chi connectivity index (χ0v) is 17.5.